The molecule has 59 heavy (non-hydrogen) atoms. The summed E-state index contributed by atoms with van der Waals surface area (Å²) in [5.74, 6) is 0.246. The highest BCUT2D eigenvalue weighted by Gasteiger charge is 2.27. The van der Waals surface area contributed by atoms with Crippen molar-refractivity contribution in [1.82, 2.24) is 20.1 Å². The molecule has 1 atom stereocenters. The number of hydrogen-bond donors (Lipinski definition) is 6. The predicted octanol–water partition coefficient (Wildman–Crippen LogP) is 6.39. The Bertz CT molecular complexity index is 2270. The van der Waals surface area contributed by atoms with Crippen molar-refractivity contribution in [3.63, 3.8) is 0 Å². The molecule has 2 aliphatic rings. The zero-order valence-corrected chi connectivity index (χ0v) is 33.1. The molecule has 5 aromatic rings. The molecular weight excluding hydrogens is 749 g/mol. The number of likely N-dealkylation sites (tertiary alicyclic amines) is 2. The van der Waals surface area contributed by atoms with Gasteiger partial charge in [0, 0.05) is 81.4 Å². The van der Waals surface area contributed by atoms with Gasteiger partial charge in [-0.3, -0.25) is 19.7 Å². The second-order valence-corrected chi connectivity index (χ2v) is 15.4. The minimum Gasteiger partial charge on any atom is -0.506 e. The number of phenolic OH excluding ortho intramolecular Hbond substituents is 1. The number of carbonyl (C=O) groups excluding carboxylic acids is 3. The van der Waals surface area contributed by atoms with Gasteiger partial charge in [0.15, 0.2) is 0 Å². The van der Waals surface area contributed by atoms with E-state index in [2.05, 4.69) is 25.8 Å². The number of ether oxygens (including phenoxy) is 1. The molecule has 308 valence electrons. The number of aliphatic hydroxyl groups excluding tert-OH is 1. The molecule has 7 rings (SSSR count). The van der Waals surface area contributed by atoms with Gasteiger partial charge in [0.2, 0.25) is 17.4 Å². The van der Waals surface area contributed by atoms with E-state index in [9.17, 15) is 29.4 Å². The van der Waals surface area contributed by atoms with Crippen molar-refractivity contribution < 1.29 is 29.3 Å². The number of carbonyl (C=O) groups is 3. The molecule has 0 spiro atoms. The molecule has 6 N–H and O–H groups in total. The smallest absolute Gasteiger partial charge is 0.411 e. The lowest BCUT2D eigenvalue weighted by atomic mass is 9.93. The Morgan fingerprint density at radius 3 is 2.31 bits per heavy atom. The molecule has 0 bridgehead atoms. The van der Waals surface area contributed by atoms with Crippen LogP contribution in [0.3, 0.4) is 0 Å². The van der Waals surface area contributed by atoms with E-state index in [4.69, 9.17) is 4.74 Å². The normalized spacial score (nSPS) is 15.8. The number of benzene rings is 4. The third-order valence-electron chi connectivity index (χ3n) is 11.3. The minimum absolute atomic E-state index is 0.0480. The summed E-state index contributed by atoms with van der Waals surface area (Å²) in [6.07, 6.45) is 2.36. The number of pyridine rings is 1. The summed E-state index contributed by atoms with van der Waals surface area (Å²) in [4.78, 5) is 57.3. The minimum atomic E-state index is -0.860. The predicted molar refractivity (Wildman–Crippen MR) is 228 cm³/mol. The van der Waals surface area contributed by atoms with E-state index in [1.165, 1.54) is 12.1 Å². The molecule has 0 aliphatic carbocycles. The molecule has 13 heteroatoms. The standard InChI is InChI=1S/C46H52N6O7/c53-40-16-14-37(38-15-17-42(55)50-45(38)40)41(54)30-47-29-32-10-12-34(13-11-32)48-43(56)28-31-18-26-52(27-19-31)44(57)22-25-51-23-20-35(21-24-51)59-46(58)49-39-9-5-4-8-36(39)33-6-2-1-3-7-33/h1-17,31,35,41,47,53-54H,18-30H2,(H,48,56)(H,49,58)(H,50,55)/t41-/m0/s1. The summed E-state index contributed by atoms with van der Waals surface area (Å²) in [5, 5.41) is 30.7. The fourth-order valence-corrected chi connectivity index (χ4v) is 7.99. The van der Waals surface area contributed by atoms with Gasteiger partial charge in [-0.1, -0.05) is 66.7 Å². The average Bonchev–Trinajstić information content (AvgIpc) is 3.25. The van der Waals surface area contributed by atoms with Gasteiger partial charge in [-0.25, -0.2) is 4.79 Å². The Kier molecular flexibility index (Phi) is 13.7. The topological polar surface area (TPSA) is 176 Å². The first-order valence-electron chi connectivity index (χ1n) is 20.4. The van der Waals surface area contributed by atoms with Crippen molar-refractivity contribution in [1.29, 1.82) is 0 Å². The molecule has 1 aromatic heterocycles. The zero-order valence-electron chi connectivity index (χ0n) is 33.1. The molecule has 4 aromatic carbocycles. The van der Waals surface area contributed by atoms with Crippen LogP contribution >= 0.6 is 0 Å². The number of amides is 3. The number of para-hydroxylation sites is 1. The van der Waals surface area contributed by atoms with E-state index >= 15 is 0 Å². The Hall–Kier alpha value is -6.02. The summed E-state index contributed by atoms with van der Waals surface area (Å²) < 4.78 is 5.77. The lowest BCUT2D eigenvalue weighted by Gasteiger charge is -2.34. The van der Waals surface area contributed by atoms with Crippen LogP contribution in [0, 0.1) is 5.92 Å². The van der Waals surface area contributed by atoms with E-state index in [0.717, 1.165) is 55.5 Å². The summed E-state index contributed by atoms with van der Waals surface area (Å²) in [7, 11) is 0. The number of fused-ring (bicyclic) bond motifs is 1. The largest absolute Gasteiger partial charge is 0.506 e. The van der Waals surface area contributed by atoms with Crippen LogP contribution in [-0.4, -0.2) is 88.3 Å². The molecule has 0 radical (unpaired) electrons. The summed E-state index contributed by atoms with van der Waals surface area (Å²) >= 11 is 0. The number of phenols is 1. The number of aromatic amines is 1. The Balaban J connectivity index is 0.758. The highest BCUT2D eigenvalue weighted by Crippen LogP contribution is 2.30. The lowest BCUT2D eigenvalue weighted by Crippen LogP contribution is -2.42. The van der Waals surface area contributed by atoms with Gasteiger partial charge in [0.05, 0.1) is 17.3 Å². The van der Waals surface area contributed by atoms with E-state index in [1.54, 1.807) is 12.1 Å². The SMILES string of the molecule is O=C(CC1CCN(C(=O)CCN2CCC(OC(=O)Nc3ccccc3-c3ccccc3)CC2)CC1)Nc1ccc(CNC[C@H](O)c2ccc(O)c3[nH]c(=O)ccc23)cc1. The van der Waals surface area contributed by atoms with Crippen LogP contribution < -0.4 is 21.5 Å². The number of aliphatic hydroxyl groups is 1. The molecule has 13 nitrogen and oxygen atoms in total. The Morgan fingerprint density at radius 1 is 0.814 bits per heavy atom. The van der Waals surface area contributed by atoms with Gasteiger partial charge in [0.25, 0.3) is 0 Å². The highest BCUT2D eigenvalue weighted by molar-refractivity contribution is 5.92. The first-order valence-corrected chi connectivity index (χ1v) is 20.4. The summed E-state index contributed by atoms with van der Waals surface area (Å²) in [6.45, 7) is 4.24. The number of piperidine rings is 2. The van der Waals surface area contributed by atoms with Gasteiger partial charge in [-0.2, -0.15) is 0 Å². The molecule has 3 amide bonds. The van der Waals surface area contributed by atoms with Gasteiger partial charge in [0.1, 0.15) is 11.9 Å². The molecular formula is C46H52N6O7. The number of anilines is 2. The first-order chi connectivity index (χ1) is 28.7. The lowest BCUT2D eigenvalue weighted by molar-refractivity contribution is -0.133. The fourth-order valence-electron chi connectivity index (χ4n) is 7.99. The fraction of sp³-hybridized carbons (Fsp3) is 0.348. The number of nitrogens with zero attached hydrogens (tertiary/aromatic N) is 2. The van der Waals surface area contributed by atoms with Gasteiger partial charge in [-0.15, -0.1) is 0 Å². The number of aromatic nitrogens is 1. The van der Waals surface area contributed by atoms with Crippen LogP contribution in [0.5, 0.6) is 5.75 Å². The molecule has 0 unspecified atom stereocenters. The maximum atomic E-state index is 13.1. The second kappa shape index (κ2) is 19.6. The van der Waals surface area contributed by atoms with E-state index in [0.29, 0.717) is 66.9 Å². The van der Waals surface area contributed by atoms with Crippen molar-refractivity contribution >= 4 is 40.2 Å². The van der Waals surface area contributed by atoms with Crippen molar-refractivity contribution in [3.8, 4) is 16.9 Å². The first kappa shape index (κ1) is 41.2. The number of hydrogen-bond acceptors (Lipinski definition) is 9. The maximum Gasteiger partial charge on any atom is 0.411 e. The molecule has 2 aliphatic heterocycles. The van der Waals surface area contributed by atoms with E-state index in [1.807, 2.05) is 83.8 Å². The van der Waals surface area contributed by atoms with Gasteiger partial charge < -0.3 is 40.4 Å². The molecule has 3 heterocycles. The third kappa shape index (κ3) is 11.1. The number of nitrogens with one attached hydrogen (secondary N) is 4. The van der Waals surface area contributed by atoms with Crippen LogP contribution in [0.4, 0.5) is 16.2 Å². The zero-order chi connectivity index (χ0) is 41.1. The number of aromatic hydroxyl groups is 1. The van der Waals surface area contributed by atoms with Crippen LogP contribution in [0.2, 0.25) is 0 Å². The van der Waals surface area contributed by atoms with Gasteiger partial charge >= 0.3 is 6.09 Å². The highest BCUT2D eigenvalue weighted by atomic mass is 16.6. The van der Waals surface area contributed by atoms with Crippen molar-refractivity contribution in [2.45, 2.75) is 57.3 Å². The number of H-pyrrole nitrogens is 1. The van der Waals surface area contributed by atoms with E-state index in [-0.39, 0.29) is 41.7 Å². The average molecular weight is 801 g/mol. The van der Waals surface area contributed by atoms with Crippen molar-refractivity contribution in [2.24, 2.45) is 5.92 Å². The van der Waals surface area contributed by atoms with Crippen LogP contribution in [-0.2, 0) is 20.9 Å². The van der Waals surface area contributed by atoms with Crippen molar-refractivity contribution in [3.05, 3.63) is 125 Å². The summed E-state index contributed by atoms with van der Waals surface area (Å²) in [6, 6.07) is 31.2. The molecule has 0 saturated carbocycles. The van der Waals surface area contributed by atoms with E-state index < -0.39 is 12.2 Å². The van der Waals surface area contributed by atoms with Crippen LogP contribution in [0.1, 0.15) is 55.8 Å². The second-order valence-electron chi connectivity index (χ2n) is 15.4. The maximum absolute atomic E-state index is 13.1. The van der Waals surface area contributed by atoms with Crippen LogP contribution in [0.25, 0.3) is 22.0 Å². The van der Waals surface area contributed by atoms with Crippen molar-refractivity contribution in [2.75, 3.05) is 49.9 Å². The third-order valence-corrected chi connectivity index (χ3v) is 11.3. The van der Waals surface area contributed by atoms with Crippen LogP contribution in [0.15, 0.2) is 108 Å². The Labute approximate surface area is 343 Å². The quantitative estimate of drug-likeness (QED) is 0.0743. The Morgan fingerprint density at radius 2 is 1.54 bits per heavy atom. The van der Waals surface area contributed by atoms with Gasteiger partial charge in [-0.05, 0) is 78.6 Å². The monoisotopic (exact) mass is 800 g/mol. The molecule has 2 fully saturated rings. The molecule has 2 saturated heterocycles. The number of rotatable bonds is 14. The summed E-state index contributed by atoms with van der Waals surface area (Å²) in [5.41, 5.74) is 4.90.